The van der Waals surface area contributed by atoms with Crippen molar-refractivity contribution in [3.05, 3.63) is 71.3 Å². The minimum Gasteiger partial charge on any atom is -0.351 e. The van der Waals surface area contributed by atoms with Crippen LogP contribution in [0.1, 0.15) is 40.7 Å². The predicted molar refractivity (Wildman–Crippen MR) is 98.5 cm³/mol. The summed E-state index contributed by atoms with van der Waals surface area (Å²) in [5.41, 5.74) is 2.97. The van der Waals surface area contributed by atoms with Gasteiger partial charge in [0.05, 0.1) is 0 Å². The van der Waals surface area contributed by atoms with Gasteiger partial charge < -0.3 is 5.32 Å². The van der Waals surface area contributed by atoms with E-state index in [1.54, 1.807) is 6.26 Å². The van der Waals surface area contributed by atoms with Gasteiger partial charge in [-0.3, -0.25) is 9.00 Å². The summed E-state index contributed by atoms with van der Waals surface area (Å²) in [6.07, 6.45) is 5.12. The zero-order chi connectivity index (χ0) is 17.0. The van der Waals surface area contributed by atoms with E-state index in [9.17, 15) is 9.00 Å². The molecule has 126 valence electrons. The van der Waals surface area contributed by atoms with Crippen molar-refractivity contribution in [3.8, 4) is 0 Å². The summed E-state index contributed by atoms with van der Waals surface area (Å²) in [6, 6.07) is 17.9. The van der Waals surface area contributed by atoms with Gasteiger partial charge in [0.1, 0.15) is 0 Å². The zero-order valence-corrected chi connectivity index (χ0v) is 14.8. The molecule has 0 saturated heterocycles. The van der Waals surface area contributed by atoms with Gasteiger partial charge in [-0.15, -0.1) is 0 Å². The van der Waals surface area contributed by atoms with Crippen molar-refractivity contribution in [2.75, 3.05) is 12.8 Å². The highest BCUT2D eigenvalue weighted by Crippen LogP contribution is 2.43. The molecule has 0 radical (unpaired) electrons. The largest absolute Gasteiger partial charge is 0.351 e. The van der Waals surface area contributed by atoms with Crippen molar-refractivity contribution in [2.45, 2.75) is 30.4 Å². The van der Waals surface area contributed by atoms with Gasteiger partial charge in [0.2, 0.25) is 0 Å². The van der Waals surface area contributed by atoms with Gasteiger partial charge >= 0.3 is 0 Å². The molecule has 3 nitrogen and oxygen atoms in total. The fourth-order valence-corrected chi connectivity index (χ4v) is 4.00. The molecule has 0 spiro atoms. The van der Waals surface area contributed by atoms with Crippen LogP contribution in [0, 0.1) is 0 Å². The summed E-state index contributed by atoms with van der Waals surface area (Å²) in [6.45, 7) is 0.666. The van der Waals surface area contributed by atoms with Crippen molar-refractivity contribution < 1.29 is 9.00 Å². The second-order valence-corrected chi connectivity index (χ2v) is 8.04. The van der Waals surface area contributed by atoms with Crippen LogP contribution in [0.5, 0.6) is 0 Å². The van der Waals surface area contributed by atoms with E-state index in [2.05, 4.69) is 29.6 Å². The molecule has 1 aliphatic carbocycles. The maximum atomic E-state index is 12.5. The Morgan fingerprint density at radius 1 is 1.12 bits per heavy atom. The van der Waals surface area contributed by atoms with Crippen LogP contribution in [0.2, 0.25) is 0 Å². The lowest BCUT2D eigenvalue weighted by atomic mass is 9.64. The molecule has 1 unspecified atom stereocenters. The zero-order valence-electron chi connectivity index (χ0n) is 14.0. The molecule has 4 heteroatoms. The van der Waals surface area contributed by atoms with Gasteiger partial charge in [0, 0.05) is 40.3 Å². The fourth-order valence-electron chi connectivity index (χ4n) is 3.35. The number of nitrogens with one attached hydrogen (secondary N) is 1. The van der Waals surface area contributed by atoms with E-state index >= 15 is 0 Å². The Kier molecular flexibility index (Phi) is 5.14. The molecule has 0 aliphatic heterocycles. The molecule has 2 aromatic carbocycles. The summed E-state index contributed by atoms with van der Waals surface area (Å²) < 4.78 is 11.4. The lowest BCUT2D eigenvalue weighted by molar-refractivity contribution is 0.0927. The fraction of sp³-hybridized carbons (Fsp3) is 0.350. The maximum Gasteiger partial charge on any atom is 0.251 e. The minimum absolute atomic E-state index is 0.0547. The number of amides is 1. The second-order valence-electron chi connectivity index (χ2n) is 6.60. The average Bonchev–Trinajstić information content (AvgIpc) is 2.54. The normalized spacial score (nSPS) is 16.9. The Morgan fingerprint density at radius 2 is 1.88 bits per heavy atom. The first-order valence-electron chi connectivity index (χ1n) is 8.32. The van der Waals surface area contributed by atoms with E-state index in [4.69, 9.17) is 0 Å². The van der Waals surface area contributed by atoms with Gasteiger partial charge in [0.15, 0.2) is 0 Å². The average molecular weight is 341 g/mol. The third kappa shape index (κ3) is 3.75. The lowest BCUT2D eigenvalue weighted by Gasteiger charge is -2.42. The van der Waals surface area contributed by atoms with Gasteiger partial charge in [-0.1, -0.05) is 48.9 Å². The van der Waals surface area contributed by atoms with Crippen LogP contribution >= 0.6 is 0 Å². The summed E-state index contributed by atoms with van der Waals surface area (Å²) in [7, 11) is -0.905. The number of carbonyl (C=O) groups is 1. The Morgan fingerprint density at radius 3 is 2.50 bits per heavy atom. The Bertz CT molecular complexity index is 738. The number of hydrogen-bond acceptors (Lipinski definition) is 2. The van der Waals surface area contributed by atoms with Crippen molar-refractivity contribution in [1.29, 1.82) is 0 Å². The quantitative estimate of drug-likeness (QED) is 0.875. The number of carbonyl (C=O) groups excluding carboxylic acids is 1. The highest BCUT2D eigenvalue weighted by atomic mass is 32.2. The van der Waals surface area contributed by atoms with E-state index in [0.717, 1.165) is 18.4 Å². The Labute approximate surface area is 145 Å². The van der Waals surface area contributed by atoms with Crippen molar-refractivity contribution >= 4 is 16.7 Å². The van der Waals surface area contributed by atoms with Crippen molar-refractivity contribution in [3.63, 3.8) is 0 Å². The van der Waals surface area contributed by atoms with E-state index in [1.807, 2.05) is 30.3 Å². The van der Waals surface area contributed by atoms with E-state index < -0.39 is 10.8 Å². The van der Waals surface area contributed by atoms with Crippen LogP contribution in [0.15, 0.2) is 54.6 Å². The van der Waals surface area contributed by atoms with Gasteiger partial charge in [-0.05, 0) is 36.1 Å². The molecule has 1 aliphatic rings. The first-order chi connectivity index (χ1) is 11.6. The molecule has 1 N–H and O–H groups in total. The summed E-state index contributed by atoms with van der Waals surface area (Å²) >= 11 is 0. The number of benzene rings is 2. The maximum absolute atomic E-state index is 12.5. The smallest absolute Gasteiger partial charge is 0.251 e. The first-order valence-corrected chi connectivity index (χ1v) is 10.0. The molecule has 1 atom stereocenters. The molecule has 1 amide bonds. The molecule has 2 aromatic rings. The molecule has 0 heterocycles. The van der Waals surface area contributed by atoms with Crippen molar-refractivity contribution in [1.82, 2.24) is 5.32 Å². The molecule has 1 saturated carbocycles. The van der Waals surface area contributed by atoms with Crippen molar-refractivity contribution in [2.24, 2.45) is 0 Å². The number of rotatable bonds is 6. The monoisotopic (exact) mass is 341 g/mol. The standard InChI is InChI=1S/C20H23NO2S/c1-24(23)14-16-7-5-8-17(13-16)19(22)21-15-20(11-6-12-20)18-9-3-2-4-10-18/h2-5,7-10,13H,6,11-12,14-15H2,1H3,(H,21,22). The third-order valence-corrected chi connectivity index (χ3v) is 5.58. The predicted octanol–water partition coefficient (Wildman–Crippen LogP) is 3.42. The van der Waals surface area contributed by atoms with E-state index in [0.29, 0.717) is 17.9 Å². The van der Waals surface area contributed by atoms with Gasteiger partial charge in [-0.25, -0.2) is 0 Å². The van der Waals surface area contributed by atoms with Crippen LogP contribution < -0.4 is 5.32 Å². The van der Waals surface area contributed by atoms with Crippen LogP contribution in [0.4, 0.5) is 0 Å². The third-order valence-electron chi connectivity index (χ3n) is 4.84. The summed E-state index contributed by atoms with van der Waals surface area (Å²) in [4.78, 5) is 12.5. The highest BCUT2D eigenvalue weighted by Gasteiger charge is 2.38. The molecular weight excluding hydrogens is 318 g/mol. The molecular formula is C20H23NO2S. The van der Waals surface area contributed by atoms with Gasteiger partial charge in [0.25, 0.3) is 5.91 Å². The molecule has 3 rings (SSSR count). The molecule has 0 bridgehead atoms. The lowest BCUT2D eigenvalue weighted by Crippen LogP contribution is -2.45. The molecule has 1 fully saturated rings. The van der Waals surface area contributed by atoms with E-state index in [-0.39, 0.29) is 11.3 Å². The van der Waals surface area contributed by atoms with Gasteiger partial charge in [-0.2, -0.15) is 0 Å². The minimum atomic E-state index is -0.905. The van der Waals surface area contributed by atoms with Crippen LogP contribution in [0.3, 0.4) is 0 Å². The van der Waals surface area contributed by atoms with Crippen LogP contribution in [-0.4, -0.2) is 22.9 Å². The summed E-state index contributed by atoms with van der Waals surface area (Å²) in [5.74, 6) is 0.427. The topological polar surface area (TPSA) is 46.2 Å². The second kappa shape index (κ2) is 7.31. The highest BCUT2D eigenvalue weighted by molar-refractivity contribution is 7.83. The summed E-state index contributed by atoms with van der Waals surface area (Å²) in [5, 5.41) is 3.11. The Balaban J connectivity index is 1.68. The van der Waals surface area contributed by atoms with Crippen LogP contribution in [-0.2, 0) is 22.0 Å². The van der Waals surface area contributed by atoms with E-state index in [1.165, 1.54) is 12.0 Å². The molecule has 0 aromatic heterocycles. The SMILES string of the molecule is CS(=O)Cc1cccc(C(=O)NCC2(c3ccccc3)CCC2)c1. The number of hydrogen-bond donors (Lipinski definition) is 1. The Hall–Kier alpha value is -1.94. The first kappa shape index (κ1) is 16.9. The van der Waals surface area contributed by atoms with Crippen LogP contribution in [0.25, 0.3) is 0 Å². The molecule has 24 heavy (non-hydrogen) atoms.